The summed E-state index contributed by atoms with van der Waals surface area (Å²) in [6.07, 6.45) is 3.94. The fourth-order valence-corrected chi connectivity index (χ4v) is 2.84. The van der Waals surface area contributed by atoms with E-state index in [4.69, 9.17) is 4.74 Å². The lowest BCUT2D eigenvalue weighted by Crippen LogP contribution is -2.39. The number of rotatable bonds is 7. The van der Waals surface area contributed by atoms with Crippen LogP contribution in [-0.4, -0.2) is 37.2 Å². The van der Waals surface area contributed by atoms with Crippen LogP contribution in [0.2, 0.25) is 0 Å². The minimum Gasteiger partial charge on any atom is -0.375 e. The predicted octanol–water partition coefficient (Wildman–Crippen LogP) is 3.19. The van der Waals surface area contributed by atoms with Crippen molar-refractivity contribution < 1.29 is 4.74 Å². The summed E-state index contributed by atoms with van der Waals surface area (Å²) in [5.41, 5.74) is 2.66. The molecular formula is C18H30N2O. The molecule has 21 heavy (non-hydrogen) atoms. The molecule has 118 valence electrons. The summed E-state index contributed by atoms with van der Waals surface area (Å²) < 4.78 is 6.01. The van der Waals surface area contributed by atoms with E-state index < -0.39 is 0 Å². The Kier molecular flexibility index (Phi) is 6.68. The van der Waals surface area contributed by atoms with Gasteiger partial charge in [-0.2, -0.15) is 0 Å². The molecule has 2 rings (SSSR count). The third-order valence-corrected chi connectivity index (χ3v) is 4.31. The van der Waals surface area contributed by atoms with E-state index in [2.05, 4.69) is 55.4 Å². The lowest BCUT2D eigenvalue weighted by atomic mass is 10.0. The number of likely N-dealkylation sites (tertiary alicyclic amines) is 1. The molecule has 1 saturated heterocycles. The van der Waals surface area contributed by atoms with E-state index in [1.807, 2.05) is 0 Å². The number of likely N-dealkylation sites (N-methyl/N-ethyl adjacent to an activating group) is 1. The minimum absolute atomic E-state index is 0.509. The summed E-state index contributed by atoms with van der Waals surface area (Å²) in [4.78, 5) is 2.44. The van der Waals surface area contributed by atoms with Gasteiger partial charge in [-0.25, -0.2) is 0 Å². The zero-order valence-corrected chi connectivity index (χ0v) is 13.8. The Labute approximate surface area is 129 Å². The van der Waals surface area contributed by atoms with Crippen molar-refractivity contribution in [3.63, 3.8) is 0 Å². The summed E-state index contributed by atoms with van der Waals surface area (Å²) >= 11 is 0. The van der Waals surface area contributed by atoms with Crippen LogP contribution in [0.4, 0.5) is 0 Å². The highest BCUT2D eigenvalue weighted by Crippen LogP contribution is 2.16. The number of nitrogens with zero attached hydrogens (tertiary/aromatic N) is 1. The van der Waals surface area contributed by atoms with Crippen LogP contribution in [0, 0.1) is 0 Å². The van der Waals surface area contributed by atoms with Crippen LogP contribution in [0.1, 0.15) is 44.2 Å². The normalized spacial score (nSPS) is 20.1. The fraction of sp³-hybridized carbons (Fsp3) is 0.667. The second-order valence-corrected chi connectivity index (χ2v) is 6.45. The predicted molar refractivity (Wildman–Crippen MR) is 88.3 cm³/mol. The molecular weight excluding hydrogens is 260 g/mol. The molecule has 1 N–H and O–H groups in total. The largest absolute Gasteiger partial charge is 0.375 e. The van der Waals surface area contributed by atoms with Crippen molar-refractivity contribution in [2.75, 3.05) is 20.2 Å². The van der Waals surface area contributed by atoms with Gasteiger partial charge in [0.15, 0.2) is 0 Å². The van der Waals surface area contributed by atoms with Gasteiger partial charge in [-0.1, -0.05) is 44.5 Å². The molecule has 0 radical (unpaired) electrons. The van der Waals surface area contributed by atoms with Gasteiger partial charge in [-0.05, 0) is 37.6 Å². The molecule has 1 aliphatic rings. The van der Waals surface area contributed by atoms with Crippen LogP contribution in [-0.2, 0) is 17.9 Å². The standard InChI is InChI=1S/C18H30N2O/c1-15(2)19-12-16-8-4-5-9-17(16)13-21-14-18-10-6-7-11-20(18)3/h4-5,8-9,15,18-19H,6-7,10-14H2,1-3H3. The Balaban J connectivity index is 1.82. The molecule has 0 aliphatic carbocycles. The molecule has 1 heterocycles. The Morgan fingerprint density at radius 1 is 1.24 bits per heavy atom. The first-order valence-corrected chi connectivity index (χ1v) is 8.25. The molecule has 0 spiro atoms. The first kappa shape index (κ1) is 16.5. The molecule has 0 bridgehead atoms. The third-order valence-electron chi connectivity index (χ3n) is 4.31. The number of ether oxygens (including phenoxy) is 1. The van der Waals surface area contributed by atoms with Crippen molar-refractivity contribution in [1.82, 2.24) is 10.2 Å². The Hall–Kier alpha value is -0.900. The summed E-state index contributed by atoms with van der Waals surface area (Å²) in [5, 5.41) is 3.49. The number of nitrogens with one attached hydrogen (secondary N) is 1. The monoisotopic (exact) mass is 290 g/mol. The van der Waals surface area contributed by atoms with Crippen molar-refractivity contribution >= 4 is 0 Å². The van der Waals surface area contributed by atoms with Gasteiger partial charge in [0.1, 0.15) is 0 Å². The van der Waals surface area contributed by atoms with Crippen molar-refractivity contribution in [1.29, 1.82) is 0 Å². The lowest BCUT2D eigenvalue weighted by molar-refractivity contribution is 0.0441. The Bertz CT molecular complexity index is 419. The molecule has 1 fully saturated rings. The van der Waals surface area contributed by atoms with E-state index in [1.165, 1.54) is 36.9 Å². The highest BCUT2D eigenvalue weighted by atomic mass is 16.5. The second kappa shape index (κ2) is 8.52. The smallest absolute Gasteiger partial charge is 0.0720 e. The number of hydrogen-bond acceptors (Lipinski definition) is 3. The first-order chi connectivity index (χ1) is 10.2. The van der Waals surface area contributed by atoms with Gasteiger partial charge < -0.3 is 15.0 Å². The van der Waals surface area contributed by atoms with Gasteiger partial charge in [0.2, 0.25) is 0 Å². The summed E-state index contributed by atoms with van der Waals surface area (Å²) in [7, 11) is 2.22. The lowest BCUT2D eigenvalue weighted by Gasteiger charge is -2.32. The van der Waals surface area contributed by atoms with E-state index in [1.54, 1.807) is 0 Å². The maximum atomic E-state index is 6.01. The average molecular weight is 290 g/mol. The Morgan fingerprint density at radius 2 is 2.00 bits per heavy atom. The van der Waals surface area contributed by atoms with E-state index in [0.717, 1.165) is 19.8 Å². The van der Waals surface area contributed by atoms with Crippen molar-refractivity contribution in [3.8, 4) is 0 Å². The molecule has 0 amide bonds. The first-order valence-electron chi connectivity index (χ1n) is 8.25. The zero-order chi connectivity index (χ0) is 15.1. The molecule has 1 aromatic carbocycles. The maximum Gasteiger partial charge on any atom is 0.0720 e. The maximum absolute atomic E-state index is 6.01. The molecule has 1 unspecified atom stereocenters. The second-order valence-electron chi connectivity index (χ2n) is 6.45. The van der Waals surface area contributed by atoms with Gasteiger partial charge in [0.25, 0.3) is 0 Å². The average Bonchev–Trinajstić information content (AvgIpc) is 2.48. The van der Waals surface area contributed by atoms with Crippen LogP contribution < -0.4 is 5.32 Å². The van der Waals surface area contributed by atoms with E-state index in [9.17, 15) is 0 Å². The SMILES string of the molecule is CC(C)NCc1ccccc1COCC1CCCCN1C. The number of piperidine rings is 1. The zero-order valence-electron chi connectivity index (χ0n) is 13.8. The van der Waals surface area contributed by atoms with Gasteiger partial charge in [0.05, 0.1) is 13.2 Å². The minimum atomic E-state index is 0.509. The van der Waals surface area contributed by atoms with Crippen molar-refractivity contribution in [3.05, 3.63) is 35.4 Å². The molecule has 1 atom stereocenters. The van der Waals surface area contributed by atoms with E-state index >= 15 is 0 Å². The third kappa shape index (κ3) is 5.42. The molecule has 1 aliphatic heterocycles. The molecule has 0 saturated carbocycles. The summed E-state index contributed by atoms with van der Waals surface area (Å²) in [6.45, 7) is 8.06. The molecule has 3 nitrogen and oxygen atoms in total. The number of hydrogen-bond donors (Lipinski definition) is 1. The van der Waals surface area contributed by atoms with Crippen molar-refractivity contribution in [2.45, 2.75) is 58.3 Å². The summed E-state index contributed by atoms with van der Waals surface area (Å²) in [6, 6.07) is 9.69. The van der Waals surface area contributed by atoms with Crippen molar-refractivity contribution in [2.24, 2.45) is 0 Å². The van der Waals surface area contributed by atoms with Crippen LogP contribution in [0.15, 0.2) is 24.3 Å². The van der Waals surface area contributed by atoms with Gasteiger partial charge >= 0.3 is 0 Å². The Morgan fingerprint density at radius 3 is 2.71 bits per heavy atom. The molecule has 1 aromatic rings. The van der Waals surface area contributed by atoms with Gasteiger partial charge in [-0.15, -0.1) is 0 Å². The van der Waals surface area contributed by atoms with Crippen LogP contribution >= 0.6 is 0 Å². The van der Waals surface area contributed by atoms with Gasteiger partial charge in [0, 0.05) is 18.6 Å². The summed E-state index contributed by atoms with van der Waals surface area (Å²) in [5.74, 6) is 0. The van der Waals surface area contributed by atoms with E-state index in [0.29, 0.717) is 12.1 Å². The number of benzene rings is 1. The van der Waals surface area contributed by atoms with Gasteiger partial charge in [-0.3, -0.25) is 0 Å². The van der Waals surface area contributed by atoms with E-state index in [-0.39, 0.29) is 0 Å². The topological polar surface area (TPSA) is 24.5 Å². The molecule has 0 aromatic heterocycles. The quantitative estimate of drug-likeness (QED) is 0.834. The van der Waals surface area contributed by atoms with Crippen LogP contribution in [0.5, 0.6) is 0 Å². The molecule has 3 heteroatoms. The van der Waals surface area contributed by atoms with Crippen LogP contribution in [0.3, 0.4) is 0 Å². The highest BCUT2D eigenvalue weighted by molar-refractivity contribution is 5.26. The fourth-order valence-electron chi connectivity index (χ4n) is 2.84. The highest BCUT2D eigenvalue weighted by Gasteiger charge is 2.18. The van der Waals surface area contributed by atoms with Crippen LogP contribution in [0.25, 0.3) is 0 Å².